The Bertz CT molecular complexity index is 573. The van der Waals surface area contributed by atoms with Gasteiger partial charge in [-0.1, -0.05) is 73.4 Å². The monoisotopic (exact) mass is 326 g/mol. The number of hydrogen-bond acceptors (Lipinski definition) is 0. The summed E-state index contributed by atoms with van der Waals surface area (Å²) < 4.78 is 0. The first kappa shape index (κ1) is 15.7. The van der Waals surface area contributed by atoms with Crippen molar-refractivity contribution in [2.75, 3.05) is 0 Å². The van der Waals surface area contributed by atoms with Crippen molar-refractivity contribution >= 4 is 34.8 Å². The van der Waals surface area contributed by atoms with Gasteiger partial charge in [-0.3, -0.25) is 0 Å². The van der Waals surface area contributed by atoms with Gasteiger partial charge in [-0.05, 0) is 35.1 Å². The Hall–Kier alpha value is -0.690. The Morgan fingerprint density at radius 2 is 1.60 bits per heavy atom. The number of hydrogen-bond donors (Lipinski definition) is 0. The maximum absolute atomic E-state index is 6.52. The number of benzene rings is 2. The molecule has 2 aromatic rings. The molecular weight excluding hydrogens is 311 g/mol. The quantitative estimate of drug-likeness (QED) is 0.561. The topological polar surface area (TPSA) is 0 Å². The van der Waals surface area contributed by atoms with E-state index in [1.165, 1.54) is 5.56 Å². The minimum atomic E-state index is -0.283. The zero-order valence-corrected chi connectivity index (χ0v) is 13.8. The van der Waals surface area contributed by atoms with Gasteiger partial charge in [0, 0.05) is 0 Å². The summed E-state index contributed by atoms with van der Waals surface area (Å²) >= 11 is 18.8. The van der Waals surface area contributed by atoms with Crippen LogP contribution in [0.3, 0.4) is 0 Å². The summed E-state index contributed by atoms with van der Waals surface area (Å²) in [4.78, 5) is 0. The molecular formula is C17H17Cl3. The van der Waals surface area contributed by atoms with Crippen molar-refractivity contribution < 1.29 is 0 Å². The summed E-state index contributed by atoms with van der Waals surface area (Å²) in [5.41, 5.74) is 3.20. The molecule has 0 amide bonds. The molecule has 2 aromatic carbocycles. The molecule has 0 radical (unpaired) electrons. The summed E-state index contributed by atoms with van der Waals surface area (Å²) in [6.45, 7) is 4.42. The average molecular weight is 328 g/mol. The van der Waals surface area contributed by atoms with Crippen LogP contribution in [0.25, 0.3) is 0 Å². The van der Waals surface area contributed by atoms with Crippen molar-refractivity contribution in [2.45, 2.75) is 25.6 Å². The lowest BCUT2D eigenvalue weighted by Gasteiger charge is -2.14. The van der Waals surface area contributed by atoms with E-state index in [4.69, 9.17) is 34.8 Å². The molecule has 0 aliphatic carbocycles. The van der Waals surface area contributed by atoms with E-state index in [9.17, 15) is 0 Å². The van der Waals surface area contributed by atoms with Crippen molar-refractivity contribution in [2.24, 2.45) is 5.92 Å². The van der Waals surface area contributed by atoms with Crippen LogP contribution in [-0.4, -0.2) is 0 Å². The third-order valence-corrected chi connectivity index (χ3v) is 4.49. The fourth-order valence-corrected chi connectivity index (χ4v) is 2.99. The first-order valence-electron chi connectivity index (χ1n) is 6.66. The van der Waals surface area contributed by atoms with Crippen LogP contribution in [0, 0.1) is 5.92 Å². The van der Waals surface area contributed by atoms with Crippen LogP contribution < -0.4 is 0 Å². The summed E-state index contributed by atoms with van der Waals surface area (Å²) in [7, 11) is 0. The van der Waals surface area contributed by atoms with Crippen molar-refractivity contribution in [3.8, 4) is 0 Å². The van der Waals surface area contributed by atoms with E-state index in [2.05, 4.69) is 38.1 Å². The van der Waals surface area contributed by atoms with Gasteiger partial charge < -0.3 is 0 Å². The second-order valence-corrected chi connectivity index (χ2v) is 6.57. The number of rotatable bonds is 4. The van der Waals surface area contributed by atoms with E-state index < -0.39 is 0 Å². The zero-order valence-electron chi connectivity index (χ0n) is 11.5. The van der Waals surface area contributed by atoms with Gasteiger partial charge in [0.15, 0.2) is 0 Å². The highest BCUT2D eigenvalue weighted by molar-refractivity contribution is 6.43. The molecule has 0 saturated carbocycles. The van der Waals surface area contributed by atoms with E-state index in [0.29, 0.717) is 16.0 Å². The highest BCUT2D eigenvalue weighted by Crippen LogP contribution is 2.37. The van der Waals surface area contributed by atoms with Gasteiger partial charge >= 0.3 is 0 Å². The molecule has 0 saturated heterocycles. The molecule has 0 heterocycles. The van der Waals surface area contributed by atoms with Crippen molar-refractivity contribution in [1.82, 2.24) is 0 Å². The molecule has 2 rings (SSSR count). The Balaban J connectivity index is 2.25. The van der Waals surface area contributed by atoms with E-state index in [-0.39, 0.29) is 5.38 Å². The lowest BCUT2D eigenvalue weighted by molar-refractivity contribution is 0.647. The average Bonchev–Trinajstić information content (AvgIpc) is 2.41. The second-order valence-electron chi connectivity index (χ2n) is 5.35. The largest absolute Gasteiger partial charge is 0.113 e. The maximum Gasteiger partial charge on any atom is 0.0850 e. The van der Waals surface area contributed by atoms with Gasteiger partial charge in [0.1, 0.15) is 0 Å². The van der Waals surface area contributed by atoms with Crippen LogP contribution >= 0.6 is 34.8 Å². The zero-order chi connectivity index (χ0) is 14.7. The molecule has 0 aliphatic heterocycles. The molecule has 1 atom stereocenters. The highest BCUT2D eigenvalue weighted by atomic mass is 35.5. The van der Waals surface area contributed by atoms with Crippen molar-refractivity contribution in [1.29, 1.82) is 0 Å². The molecule has 0 fully saturated rings. The first-order chi connectivity index (χ1) is 9.49. The fraction of sp³-hybridized carbons (Fsp3) is 0.294. The first-order valence-corrected chi connectivity index (χ1v) is 7.85. The molecule has 0 spiro atoms. The standard InChI is InChI=1S/C17H17Cl3/c1-11(2)10-12-6-8-13(9-7-12)16(19)14-4-3-5-15(18)17(14)20/h3-9,11,16H,10H2,1-2H3. The van der Waals surface area contributed by atoms with Crippen LogP contribution in [0.1, 0.15) is 35.9 Å². The summed E-state index contributed by atoms with van der Waals surface area (Å²) in [5.74, 6) is 0.648. The smallest absolute Gasteiger partial charge is 0.0850 e. The summed E-state index contributed by atoms with van der Waals surface area (Å²) in [5, 5.41) is 0.779. The van der Waals surface area contributed by atoms with Gasteiger partial charge in [-0.25, -0.2) is 0 Å². The molecule has 1 unspecified atom stereocenters. The van der Waals surface area contributed by atoms with Crippen LogP contribution in [-0.2, 0) is 6.42 Å². The third-order valence-electron chi connectivity index (χ3n) is 3.17. The Kier molecular flexibility index (Phi) is 5.37. The molecule has 0 nitrogen and oxygen atoms in total. The van der Waals surface area contributed by atoms with Gasteiger partial charge in [0.05, 0.1) is 15.4 Å². The van der Waals surface area contributed by atoms with E-state index in [1.807, 2.05) is 12.1 Å². The van der Waals surface area contributed by atoms with Crippen molar-refractivity contribution in [3.63, 3.8) is 0 Å². The SMILES string of the molecule is CC(C)Cc1ccc(C(Cl)c2cccc(Cl)c2Cl)cc1. The van der Waals surface area contributed by atoms with Gasteiger partial charge in [0.2, 0.25) is 0 Å². The number of halogens is 3. The summed E-state index contributed by atoms with van der Waals surface area (Å²) in [6, 6.07) is 13.9. The fourth-order valence-electron chi connectivity index (χ4n) is 2.19. The van der Waals surface area contributed by atoms with Gasteiger partial charge in [-0.2, -0.15) is 0 Å². The maximum atomic E-state index is 6.52. The van der Waals surface area contributed by atoms with Crippen LogP contribution in [0.4, 0.5) is 0 Å². The Labute approximate surface area is 135 Å². The second kappa shape index (κ2) is 6.85. The lowest BCUT2D eigenvalue weighted by atomic mass is 9.99. The Morgan fingerprint density at radius 1 is 0.950 bits per heavy atom. The normalized spacial score (nSPS) is 12.7. The molecule has 0 bridgehead atoms. The van der Waals surface area contributed by atoms with Gasteiger partial charge in [-0.15, -0.1) is 11.6 Å². The Morgan fingerprint density at radius 3 is 2.20 bits per heavy atom. The molecule has 3 heteroatoms. The number of alkyl halides is 1. The lowest BCUT2D eigenvalue weighted by Crippen LogP contribution is -1.97. The van der Waals surface area contributed by atoms with Gasteiger partial charge in [0.25, 0.3) is 0 Å². The van der Waals surface area contributed by atoms with E-state index in [1.54, 1.807) is 6.07 Å². The molecule has 20 heavy (non-hydrogen) atoms. The minimum absolute atomic E-state index is 0.283. The molecule has 0 aromatic heterocycles. The van der Waals surface area contributed by atoms with Crippen LogP contribution in [0.2, 0.25) is 10.0 Å². The third kappa shape index (κ3) is 3.69. The van der Waals surface area contributed by atoms with Crippen LogP contribution in [0.15, 0.2) is 42.5 Å². The van der Waals surface area contributed by atoms with Crippen molar-refractivity contribution in [3.05, 3.63) is 69.2 Å². The van der Waals surface area contributed by atoms with Crippen LogP contribution in [0.5, 0.6) is 0 Å². The molecule has 106 valence electrons. The summed E-state index contributed by atoms with van der Waals surface area (Å²) in [6.07, 6.45) is 1.07. The predicted molar refractivity (Wildman–Crippen MR) is 89.1 cm³/mol. The highest BCUT2D eigenvalue weighted by Gasteiger charge is 2.15. The minimum Gasteiger partial charge on any atom is -0.113 e. The molecule has 0 N–H and O–H groups in total. The van der Waals surface area contributed by atoms with E-state index in [0.717, 1.165) is 17.5 Å². The molecule has 0 aliphatic rings. The van der Waals surface area contributed by atoms with E-state index >= 15 is 0 Å². The predicted octanol–water partition coefficient (Wildman–Crippen LogP) is 6.52.